The van der Waals surface area contributed by atoms with Gasteiger partial charge in [-0.15, -0.1) is 0 Å². The summed E-state index contributed by atoms with van der Waals surface area (Å²) < 4.78 is 40.2. The summed E-state index contributed by atoms with van der Waals surface area (Å²) in [5.41, 5.74) is 0.661. The molecule has 11 heteroatoms. The molecule has 1 aromatic heterocycles. The molecule has 0 unspecified atom stereocenters. The normalized spacial score (nSPS) is 19.5. The molecular formula is C20H22F3N3O5. The third kappa shape index (κ3) is 5.87. The summed E-state index contributed by atoms with van der Waals surface area (Å²) in [4.78, 5) is 54.0. The monoisotopic (exact) mass is 441 g/mol. The first-order chi connectivity index (χ1) is 14.6. The number of hydrogen-bond acceptors (Lipinski definition) is 7. The Morgan fingerprint density at radius 1 is 1.06 bits per heavy atom. The van der Waals surface area contributed by atoms with Gasteiger partial charge >= 0.3 is 18.1 Å². The third-order valence-corrected chi connectivity index (χ3v) is 5.76. The number of rotatable bonds is 5. The van der Waals surface area contributed by atoms with Crippen molar-refractivity contribution in [1.82, 2.24) is 14.8 Å². The molecule has 0 radical (unpaired) electrons. The SMILES string of the molecule is O=C(CN1C(=O)CC2(CCN(CCc3ccncc3)CC2)CC1=O)OC(=O)C(F)(F)F. The van der Waals surface area contributed by atoms with E-state index in [1.165, 1.54) is 5.56 Å². The zero-order valence-electron chi connectivity index (χ0n) is 16.7. The lowest BCUT2D eigenvalue weighted by molar-refractivity contribution is -0.202. The van der Waals surface area contributed by atoms with Crippen LogP contribution >= 0.6 is 0 Å². The molecule has 0 N–H and O–H groups in total. The van der Waals surface area contributed by atoms with Gasteiger partial charge in [0.1, 0.15) is 6.54 Å². The number of aromatic nitrogens is 1. The number of amides is 2. The molecule has 3 heterocycles. The summed E-state index contributed by atoms with van der Waals surface area (Å²) in [5.74, 6) is -5.55. The Morgan fingerprint density at radius 3 is 2.19 bits per heavy atom. The molecule has 0 aromatic carbocycles. The molecule has 3 rings (SSSR count). The molecule has 8 nitrogen and oxygen atoms in total. The number of piperidine rings is 2. The van der Waals surface area contributed by atoms with E-state index in [1.807, 2.05) is 12.1 Å². The van der Waals surface area contributed by atoms with E-state index in [0.717, 1.165) is 13.0 Å². The van der Waals surface area contributed by atoms with Crippen molar-refractivity contribution in [2.24, 2.45) is 5.41 Å². The quantitative estimate of drug-likeness (QED) is 0.388. The Bertz CT molecular complexity index is 831. The number of hydrogen-bond donors (Lipinski definition) is 0. The molecule has 2 amide bonds. The number of imide groups is 1. The molecule has 1 aromatic rings. The van der Waals surface area contributed by atoms with E-state index in [-0.39, 0.29) is 12.8 Å². The maximum absolute atomic E-state index is 12.5. The van der Waals surface area contributed by atoms with Gasteiger partial charge in [-0.25, -0.2) is 9.59 Å². The summed E-state index contributed by atoms with van der Waals surface area (Å²) >= 11 is 0. The molecule has 2 fully saturated rings. The van der Waals surface area contributed by atoms with Gasteiger partial charge in [-0.2, -0.15) is 13.2 Å². The molecule has 0 atom stereocenters. The number of halogens is 3. The molecule has 0 aliphatic carbocycles. The van der Waals surface area contributed by atoms with Gasteiger partial charge in [0.15, 0.2) is 0 Å². The minimum absolute atomic E-state index is 0.0252. The van der Waals surface area contributed by atoms with Gasteiger partial charge in [-0.3, -0.25) is 19.5 Å². The molecule has 31 heavy (non-hydrogen) atoms. The Hall–Kier alpha value is -2.82. The fraction of sp³-hybridized carbons (Fsp3) is 0.550. The van der Waals surface area contributed by atoms with E-state index in [0.29, 0.717) is 30.8 Å². The lowest BCUT2D eigenvalue weighted by Crippen LogP contribution is -2.53. The minimum Gasteiger partial charge on any atom is -0.385 e. The van der Waals surface area contributed by atoms with Crippen LogP contribution in [0.15, 0.2) is 24.5 Å². The van der Waals surface area contributed by atoms with E-state index >= 15 is 0 Å². The highest BCUT2D eigenvalue weighted by atomic mass is 19.4. The second kappa shape index (κ2) is 9.13. The van der Waals surface area contributed by atoms with Crippen LogP contribution in [0.4, 0.5) is 13.2 Å². The molecule has 2 saturated heterocycles. The topological polar surface area (TPSA) is 96.9 Å². The van der Waals surface area contributed by atoms with Gasteiger partial charge in [-0.05, 0) is 55.5 Å². The van der Waals surface area contributed by atoms with Crippen molar-refractivity contribution >= 4 is 23.8 Å². The molecule has 2 aliphatic rings. The Balaban J connectivity index is 1.49. The van der Waals surface area contributed by atoms with E-state index in [4.69, 9.17) is 0 Å². The highest BCUT2D eigenvalue weighted by Crippen LogP contribution is 2.42. The van der Waals surface area contributed by atoms with Gasteiger partial charge in [-0.1, -0.05) is 0 Å². The summed E-state index contributed by atoms with van der Waals surface area (Å²) in [6.07, 6.45) is 0.313. The van der Waals surface area contributed by atoms with Crippen LogP contribution in [0, 0.1) is 5.41 Å². The zero-order chi connectivity index (χ0) is 22.6. The number of carbonyl (C=O) groups is 4. The van der Waals surface area contributed by atoms with Gasteiger partial charge in [0.25, 0.3) is 0 Å². The van der Waals surface area contributed by atoms with Crippen molar-refractivity contribution in [1.29, 1.82) is 0 Å². The predicted molar refractivity (Wildman–Crippen MR) is 99.2 cm³/mol. The van der Waals surface area contributed by atoms with Crippen LogP contribution in [0.1, 0.15) is 31.2 Å². The maximum Gasteiger partial charge on any atom is 0.491 e. The lowest BCUT2D eigenvalue weighted by Gasteiger charge is -2.45. The summed E-state index contributed by atoms with van der Waals surface area (Å²) in [7, 11) is 0. The lowest BCUT2D eigenvalue weighted by atomic mass is 9.70. The number of likely N-dealkylation sites (tertiary alicyclic amines) is 2. The minimum atomic E-state index is -5.33. The fourth-order valence-corrected chi connectivity index (χ4v) is 3.97. The largest absolute Gasteiger partial charge is 0.491 e. The zero-order valence-corrected chi connectivity index (χ0v) is 16.7. The third-order valence-electron chi connectivity index (χ3n) is 5.76. The second-order valence-corrected chi connectivity index (χ2v) is 7.93. The van der Waals surface area contributed by atoms with E-state index in [1.54, 1.807) is 12.4 Å². The Kier molecular flexibility index (Phi) is 6.73. The molecule has 0 bridgehead atoms. The van der Waals surface area contributed by atoms with Crippen molar-refractivity contribution < 1.29 is 37.1 Å². The van der Waals surface area contributed by atoms with Crippen molar-refractivity contribution in [2.45, 2.75) is 38.3 Å². The average molecular weight is 441 g/mol. The summed E-state index contributed by atoms with van der Waals surface area (Å²) in [6, 6.07) is 3.90. The molecule has 1 spiro atoms. The average Bonchev–Trinajstić information content (AvgIpc) is 2.70. The van der Waals surface area contributed by atoms with Crippen LogP contribution in [0.2, 0.25) is 0 Å². The first-order valence-corrected chi connectivity index (χ1v) is 9.84. The standard InChI is InChI=1S/C20H22F3N3O5/c21-20(22,23)18(30)31-17(29)13-26-15(27)11-19(12-16(26)28)4-9-25(10-5-19)8-3-14-1-6-24-7-2-14/h1-2,6-7H,3-5,8-13H2. The smallest absolute Gasteiger partial charge is 0.385 e. The number of pyridine rings is 1. The highest BCUT2D eigenvalue weighted by molar-refractivity contribution is 6.02. The molecule has 168 valence electrons. The molecule has 0 saturated carbocycles. The number of alkyl halides is 3. The predicted octanol–water partition coefficient (Wildman–Crippen LogP) is 1.49. The van der Waals surface area contributed by atoms with Gasteiger partial charge < -0.3 is 9.64 Å². The van der Waals surface area contributed by atoms with Crippen molar-refractivity contribution in [3.8, 4) is 0 Å². The van der Waals surface area contributed by atoms with Crippen molar-refractivity contribution in [3.63, 3.8) is 0 Å². The fourth-order valence-electron chi connectivity index (χ4n) is 3.97. The number of nitrogens with zero attached hydrogens (tertiary/aromatic N) is 3. The van der Waals surface area contributed by atoms with Gasteiger partial charge in [0, 0.05) is 31.8 Å². The van der Waals surface area contributed by atoms with Crippen LogP contribution < -0.4 is 0 Å². The number of esters is 2. The highest BCUT2D eigenvalue weighted by Gasteiger charge is 2.47. The van der Waals surface area contributed by atoms with Crippen molar-refractivity contribution in [3.05, 3.63) is 30.1 Å². The second-order valence-electron chi connectivity index (χ2n) is 7.93. The molecule has 2 aliphatic heterocycles. The molecular weight excluding hydrogens is 419 g/mol. The summed E-state index contributed by atoms with van der Waals surface area (Å²) in [6.45, 7) is 1.27. The Morgan fingerprint density at radius 2 is 1.65 bits per heavy atom. The Labute approximate surface area is 176 Å². The van der Waals surface area contributed by atoms with E-state index in [9.17, 15) is 32.3 Å². The summed E-state index contributed by atoms with van der Waals surface area (Å²) in [5, 5.41) is 0. The maximum atomic E-state index is 12.5. The van der Waals surface area contributed by atoms with E-state index < -0.39 is 41.9 Å². The van der Waals surface area contributed by atoms with Gasteiger partial charge in [0.05, 0.1) is 0 Å². The number of ether oxygens (including phenoxy) is 1. The van der Waals surface area contributed by atoms with E-state index in [2.05, 4.69) is 14.6 Å². The van der Waals surface area contributed by atoms with Crippen molar-refractivity contribution in [2.75, 3.05) is 26.2 Å². The van der Waals surface area contributed by atoms with Crippen LogP contribution in [-0.4, -0.2) is 70.9 Å². The van der Waals surface area contributed by atoms with Crippen LogP contribution in [0.5, 0.6) is 0 Å². The first-order valence-electron chi connectivity index (χ1n) is 9.84. The van der Waals surface area contributed by atoms with Crippen LogP contribution in [0.25, 0.3) is 0 Å². The van der Waals surface area contributed by atoms with Crippen LogP contribution in [-0.2, 0) is 30.3 Å². The van der Waals surface area contributed by atoms with Gasteiger partial charge in [0.2, 0.25) is 11.8 Å². The first kappa shape index (κ1) is 22.9. The van der Waals surface area contributed by atoms with Crippen LogP contribution in [0.3, 0.4) is 0 Å². The number of carbonyl (C=O) groups excluding carboxylic acids is 4.